The third-order valence-electron chi connectivity index (χ3n) is 2.95. The van der Waals surface area contributed by atoms with Crippen LogP contribution in [0.25, 0.3) is 0 Å². The van der Waals surface area contributed by atoms with Gasteiger partial charge in [-0.2, -0.15) is 0 Å². The van der Waals surface area contributed by atoms with Crippen molar-refractivity contribution >= 4 is 5.78 Å². The number of piperidine rings is 1. The lowest BCUT2D eigenvalue weighted by atomic mass is 10.0. The normalized spacial score (nSPS) is 21.0. The average Bonchev–Trinajstić information content (AvgIpc) is 2.30. The van der Waals surface area contributed by atoms with Crippen molar-refractivity contribution in [1.82, 2.24) is 5.32 Å². The molecule has 1 fully saturated rings. The first kappa shape index (κ1) is 13.4. The molecule has 1 atom stereocenters. The molecule has 1 saturated heterocycles. The van der Waals surface area contributed by atoms with Crippen molar-refractivity contribution in [2.45, 2.75) is 39.0 Å². The molecule has 1 rings (SSSR count). The molecule has 1 aliphatic rings. The van der Waals surface area contributed by atoms with Crippen LogP contribution >= 0.6 is 0 Å². The maximum Gasteiger partial charge on any atom is 0.133 e. The van der Waals surface area contributed by atoms with Gasteiger partial charge in [-0.25, -0.2) is 0 Å². The van der Waals surface area contributed by atoms with E-state index in [0.29, 0.717) is 12.8 Å². The Bertz CT molecular complexity index is 240. The van der Waals surface area contributed by atoms with E-state index in [4.69, 9.17) is 5.11 Å². The number of hydrogen-bond donors (Lipinski definition) is 2. The number of carbonyl (C=O) groups is 1. The molecule has 0 aromatic heterocycles. The van der Waals surface area contributed by atoms with E-state index in [9.17, 15) is 4.79 Å². The van der Waals surface area contributed by atoms with E-state index in [-0.39, 0.29) is 18.3 Å². The summed E-state index contributed by atoms with van der Waals surface area (Å²) in [4.78, 5) is 11.5. The SMILES string of the molecule is CC(CO)CC(=O)CC/C=C1/CCCNC1. The summed E-state index contributed by atoms with van der Waals surface area (Å²) in [7, 11) is 0. The molecule has 3 nitrogen and oxygen atoms in total. The number of rotatable bonds is 6. The van der Waals surface area contributed by atoms with Crippen LogP contribution in [0, 0.1) is 5.92 Å². The highest BCUT2D eigenvalue weighted by Crippen LogP contribution is 2.11. The fourth-order valence-electron chi connectivity index (χ4n) is 1.94. The summed E-state index contributed by atoms with van der Waals surface area (Å²) in [5.74, 6) is 0.374. The zero-order valence-electron chi connectivity index (χ0n) is 10.2. The van der Waals surface area contributed by atoms with Gasteiger partial charge in [0.2, 0.25) is 0 Å². The highest BCUT2D eigenvalue weighted by atomic mass is 16.3. The van der Waals surface area contributed by atoms with Crippen LogP contribution in [0.15, 0.2) is 11.6 Å². The number of ketones is 1. The van der Waals surface area contributed by atoms with Crippen molar-refractivity contribution in [1.29, 1.82) is 0 Å². The molecule has 0 aromatic carbocycles. The number of carbonyl (C=O) groups excluding carboxylic acids is 1. The Morgan fingerprint density at radius 3 is 3.06 bits per heavy atom. The molecule has 1 heterocycles. The third-order valence-corrected chi connectivity index (χ3v) is 2.95. The summed E-state index contributed by atoms with van der Waals surface area (Å²) < 4.78 is 0. The fourth-order valence-corrected chi connectivity index (χ4v) is 1.94. The topological polar surface area (TPSA) is 49.3 Å². The summed E-state index contributed by atoms with van der Waals surface area (Å²) in [6, 6.07) is 0. The average molecular weight is 225 g/mol. The first-order valence-corrected chi connectivity index (χ1v) is 6.23. The van der Waals surface area contributed by atoms with Crippen molar-refractivity contribution in [3.05, 3.63) is 11.6 Å². The van der Waals surface area contributed by atoms with Crippen LogP contribution < -0.4 is 5.32 Å². The third kappa shape index (κ3) is 5.42. The van der Waals surface area contributed by atoms with Gasteiger partial charge in [0, 0.05) is 26.0 Å². The Balaban J connectivity index is 2.16. The van der Waals surface area contributed by atoms with Crippen LogP contribution in [0.3, 0.4) is 0 Å². The van der Waals surface area contributed by atoms with E-state index in [0.717, 1.165) is 19.5 Å². The number of allylic oxidation sites excluding steroid dienone is 1. The molecule has 0 aromatic rings. The molecule has 92 valence electrons. The lowest BCUT2D eigenvalue weighted by Gasteiger charge is -2.15. The maximum atomic E-state index is 11.5. The predicted molar refractivity (Wildman–Crippen MR) is 65.3 cm³/mol. The highest BCUT2D eigenvalue weighted by Gasteiger charge is 2.08. The van der Waals surface area contributed by atoms with E-state index in [2.05, 4.69) is 11.4 Å². The monoisotopic (exact) mass is 225 g/mol. The Morgan fingerprint density at radius 1 is 1.62 bits per heavy atom. The number of aliphatic hydroxyl groups is 1. The van der Waals surface area contributed by atoms with Crippen molar-refractivity contribution < 1.29 is 9.90 Å². The van der Waals surface area contributed by atoms with Crippen molar-refractivity contribution in [2.75, 3.05) is 19.7 Å². The van der Waals surface area contributed by atoms with Gasteiger partial charge < -0.3 is 10.4 Å². The summed E-state index contributed by atoms with van der Waals surface area (Å²) in [5, 5.41) is 12.2. The standard InChI is InChI=1S/C13H23NO2/c1-11(10-15)8-13(16)6-2-4-12-5-3-7-14-9-12/h4,11,14-15H,2-3,5-10H2,1H3/b12-4-. The van der Waals surface area contributed by atoms with Crippen LogP contribution in [0.4, 0.5) is 0 Å². The quantitative estimate of drug-likeness (QED) is 0.676. The smallest absolute Gasteiger partial charge is 0.133 e. The van der Waals surface area contributed by atoms with Crippen molar-refractivity contribution in [3.63, 3.8) is 0 Å². The largest absolute Gasteiger partial charge is 0.396 e. The van der Waals surface area contributed by atoms with E-state index >= 15 is 0 Å². The minimum Gasteiger partial charge on any atom is -0.396 e. The Hall–Kier alpha value is -0.670. The second kappa shape index (κ2) is 7.58. The first-order valence-electron chi connectivity index (χ1n) is 6.23. The van der Waals surface area contributed by atoms with Crippen molar-refractivity contribution in [3.8, 4) is 0 Å². The van der Waals surface area contributed by atoms with Crippen molar-refractivity contribution in [2.24, 2.45) is 5.92 Å². The van der Waals surface area contributed by atoms with Gasteiger partial charge >= 0.3 is 0 Å². The summed E-state index contributed by atoms with van der Waals surface area (Å²) in [6.07, 6.45) is 6.57. The van der Waals surface area contributed by atoms with Gasteiger partial charge in [0.15, 0.2) is 0 Å². The molecule has 16 heavy (non-hydrogen) atoms. The van der Waals surface area contributed by atoms with Gasteiger partial charge in [0.25, 0.3) is 0 Å². The molecule has 0 amide bonds. The van der Waals surface area contributed by atoms with Crippen LogP contribution in [-0.4, -0.2) is 30.6 Å². The number of nitrogens with one attached hydrogen (secondary N) is 1. The zero-order chi connectivity index (χ0) is 11.8. The Labute approximate surface area is 97.9 Å². The summed E-state index contributed by atoms with van der Waals surface area (Å²) in [6.45, 7) is 4.11. The minimum absolute atomic E-state index is 0.108. The van der Waals surface area contributed by atoms with Crippen LogP contribution in [0.1, 0.15) is 39.0 Å². The molecule has 0 saturated carbocycles. The molecule has 1 unspecified atom stereocenters. The Morgan fingerprint density at radius 2 is 2.44 bits per heavy atom. The van der Waals surface area contributed by atoms with Gasteiger partial charge in [0.1, 0.15) is 5.78 Å². The second-order valence-corrected chi connectivity index (χ2v) is 4.71. The molecule has 1 aliphatic heterocycles. The highest BCUT2D eigenvalue weighted by molar-refractivity contribution is 5.78. The Kier molecular flexibility index (Phi) is 6.34. The van der Waals surface area contributed by atoms with E-state index in [1.54, 1.807) is 0 Å². The van der Waals surface area contributed by atoms with Gasteiger partial charge in [-0.15, -0.1) is 0 Å². The lowest BCUT2D eigenvalue weighted by molar-refractivity contribution is -0.120. The molecule has 3 heteroatoms. The summed E-state index contributed by atoms with van der Waals surface area (Å²) >= 11 is 0. The zero-order valence-corrected chi connectivity index (χ0v) is 10.2. The minimum atomic E-state index is 0.108. The van der Waals surface area contributed by atoms with E-state index in [1.165, 1.54) is 18.4 Å². The van der Waals surface area contributed by atoms with Crippen LogP contribution in [0.5, 0.6) is 0 Å². The number of aliphatic hydroxyl groups excluding tert-OH is 1. The second-order valence-electron chi connectivity index (χ2n) is 4.71. The first-order chi connectivity index (χ1) is 7.72. The van der Waals surface area contributed by atoms with E-state index in [1.807, 2.05) is 6.92 Å². The molecule has 2 N–H and O–H groups in total. The van der Waals surface area contributed by atoms with Crippen LogP contribution in [-0.2, 0) is 4.79 Å². The molecule has 0 spiro atoms. The van der Waals surface area contributed by atoms with Gasteiger partial charge in [-0.1, -0.05) is 18.6 Å². The van der Waals surface area contributed by atoms with Crippen LogP contribution in [0.2, 0.25) is 0 Å². The number of hydrogen-bond acceptors (Lipinski definition) is 3. The van der Waals surface area contributed by atoms with Gasteiger partial charge in [0.05, 0.1) is 0 Å². The maximum absolute atomic E-state index is 11.5. The molecule has 0 aliphatic carbocycles. The molecule has 0 bridgehead atoms. The lowest BCUT2D eigenvalue weighted by Crippen LogP contribution is -2.23. The van der Waals surface area contributed by atoms with Gasteiger partial charge in [-0.05, 0) is 31.7 Å². The molecule has 0 radical (unpaired) electrons. The van der Waals surface area contributed by atoms with E-state index < -0.39 is 0 Å². The fraction of sp³-hybridized carbons (Fsp3) is 0.769. The van der Waals surface area contributed by atoms with Gasteiger partial charge in [-0.3, -0.25) is 4.79 Å². The number of Topliss-reactive ketones (excluding diaryl/α,β-unsaturated/α-hetero) is 1. The molecular formula is C13H23NO2. The summed E-state index contributed by atoms with van der Waals surface area (Å²) in [5.41, 5.74) is 1.44. The molecular weight excluding hydrogens is 202 g/mol. The predicted octanol–water partition coefficient (Wildman–Crippen LogP) is 1.66.